The molecule has 6 heteroatoms. The van der Waals surface area contributed by atoms with Crippen molar-refractivity contribution in [3.8, 4) is 11.3 Å². The highest BCUT2D eigenvalue weighted by Crippen LogP contribution is 2.32. The van der Waals surface area contributed by atoms with Gasteiger partial charge in [0.25, 0.3) is 0 Å². The predicted octanol–water partition coefficient (Wildman–Crippen LogP) is 5.22. The third kappa shape index (κ3) is 2.82. The van der Waals surface area contributed by atoms with E-state index >= 15 is 0 Å². The monoisotopic (exact) mass is 337 g/mol. The van der Waals surface area contributed by atoms with Gasteiger partial charge in [-0.2, -0.15) is 0 Å². The fourth-order valence-corrected chi connectivity index (χ4v) is 2.68. The molecule has 2 heterocycles. The number of fused-ring (bicyclic) bond motifs is 1. The van der Waals surface area contributed by atoms with Crippen LogP contribution in [-0.4, -0.2) is 9.97 Å². The maximum Gasteiger partial charge on any atom is 0.227 e. The second-order valence-electron chi connectivity index (χ2n) is 5.64. The molecule has 0 radical (unpaired) electrons. The third-order valence-electron chi connectivity index (χ3n) is 3.84. The fraction of sp³-hybridized carbons (Fsp3) is 0.0526. The lowest BCUT2D eigenvalue weighted by Crippen LogP contribution is -2.01. The number of rotatable bonds is 3. The van der Waals surface area contributed by atoms with E-state index in [0.717, 1.165) is 17.4 Å². The molecule has 0 amide bonds. The van der Waals surface area contributed by atoms with Gasteiger partial charge >= 0.3 is 0 Å². The maximum absolute atomic E-state index is 14.3. The molecule has 0 saturated heterocycles. The molecule has 0 spiro atoms. The molecule has 2 aromatic heterocycles. The Morgan fingerprint density at radius 2 is 1.92 bits per heavy atom. The molecular formula is C19H13F2N3O. The van der Waals surface area contributed by atoms with Gasteiger partial charge in [-0.1, -0.05) is 12.1 Å². The Bertz CT molecular complexity index is 1080. The topological polar surface area (TPSA) is 51.0 Å². The van der Waals surface area contributed by atoms with Gasteiger partial charge in [-0.15, -0.1) is 0 Å². The number of benzene rings is 2. The maximum atomic E-state index is 14.3. The lowest BCUT2D eigenvalue weighted by molar-refractivity contribution is 0.605. The Kier molecular flexibility index (Phi) is 3.65. The van der Waals surface area contributed by atoms with E-state index in [1.165, 1.54) is 24.5 Å². The lowest BCUT2D eigenvalue weighted by atomic mass is 10.1. The highest BCUT2D eigenvalue weighted by molar-refractivity contribution is 5.92. The number of aryl methyl sites for hydroxylation is 1. The molecule has 0 aliphatic rings. The van der Waals surface area contributed by atoms with E-state index < -0.39 is 11.6 Å². The first kappa shape index (κ1) is 15.3. The van der Waals surface area contributed by atoms with Crippen molar-refractivity contribution in [2.45, 2.75) is 6.92 Å². The molecule has 0 fully saturated rings. The summed E-state index contributed by atoms with van der Waals surface area (Å²) in [5, 5.41) is 3.32. The van der Waals surface area contributed by atoms with Crippen LogP contribution in [0.1, 0.15) is 5.56 Å². The molecular weight excluding hydrogens is 324 g/mol. The summed E-state index contributed by atoms with van der Waals surface area (Å²) < 4.78 is 33.5. The van der Waals surface area contributed by atoms with Gasteiger partial charge in [0.15, 0.2) is 5.82 Å². The SMILES string of the molecule is Cc1cccc(Nc2ncc(F)c(-c3ccc(F)c4ccoc34)n2)c1. The molecule has 4 aromatic rings. The van der Waals surface area contributed by atoms with Crippen molar-refractivity contribution >= 4 is 22.6 Å². The van der Waals surface area contributed by atoms with Crippen LogP contribution in [-0.2, 0) is 0 Å². The van der Waals surface area contributed by atoms with E-state index in [1.54, 1.807) is 0 Å². The van der Waals surface area contributed by atoms with Crippen LogP contribution < -0.4 is 5.32 Å². The van der Waals surface area contributed by atoms with E-state index in [-0.39, 0.29) is 22.6 Å². The second-order valence-corrected chi connectivity index (χ2v) is 5.64. The Labute approximate surface area is 142 Å². The van der Waals surface area contributed by atoms with Crippen LogP contribution in [0.3, 0.4) is 0 Å². The molecule has 25 heavy (non-hydrogen) atoms. The van der Waals surface area contributed by atoms with Crippen molar-refractivity contribution in [3.63, 3.8) is 0 Å². The first-order valence-corrected chi connectivity index (χ1v) is 7.64. The minimum absolute atomic E-state index is 0.0464. The van der Waals surface area contributed by atoms with E-state index in [0.29, 0.717) is 5.56 Å². The number of nitrogens with zero attached hydrogens (tertiary/aromatic N) is 2. The summed E-state index contributed by atoms with van der Waals surface area (Å²) in [5.74, 6) is -0.801. The van der Waals surface area contributed by atoms with Gasteiger partial charge in [0.05, 0.1) is 17.8 Å². The smallest absolute Gasteiger partial charge is 0.227 e. The number of furan rings is 1. The molecule has 4 nitrogen and oxygen atoms in total. The molecule has 0 atom stereocenters. The molecule has 0 unspecified atom stereocenters. The number of halogens is 2. The molecule has 0 saturated carbocycles. The fourth-order valence-electron chi connectivity index (χ4n) is 2.68. The van der Waals surface area contributed by atoms with E-state index in [4.69, 9.17) is 4.42 Å². The van der Waals surface area contributed by atoms with Gasteiger partial charge in [0.2, 0.25) is 5.95 Å². The Morgan fingerprint density at radius 3 is 2.76 bits per heavy atom. The number of anilines is 2. The second kappa shape index (κ2) is 5.98. The van der Waals surface area contributed by atoms with Crippen LogP contribution in [0.15, 0.2) is 59.3 Å². The summed E-state index contributed by atoms with van der Waals surface area (Å²) in [7, 11) is 0. The van der Waals surface area contributed by atoms with Crippen molar-refractivity contribution in [2.75, 3.05) is 5.32 Å². The molecule has 1 N–H and O–H groups in total. The van der Waals surface area contributed by atoms with E-state index in [2.05, 4.69) is 15.3 Å². The van der Waals surface area contributed by atoms with Crippen molar-refractivity contribution < 1.29 is 13.2 Å². The average molecular weight is 337 g/mol. The zero-order valence-electron chi connectivity index (χ0n) is 13.3. The predicted molar refractivity (Wildman–Crippen MR) is 91.6 cm³/mol. The average Bonchev–Trinajstić information content (AvgIpc) is 3.08. The van der Waals surface area contributed by atoms with Gasteiger partial charge in [0.1, 0.15) is 17.1 Å². The van der Waals surface area contributed by atoms with Crippen molar-refractivity contribution in [2.24, 2.45) is 0 Å². The zero-order chi connectivity index (χ0) is 17.4. The summed E-state index contributed by atoms with van der Waals surface area (Å²) >= 11 is 0. The molecule has 0 aliphatic carbocycles. The van der Waals surface area contributed by atoms with Crippen molar-refractivity contribution in [1.29, 1.82) is 0 Å². The number of aromatic nitrogens is 2. The van der Waals surface area contributed by atoms with E-state index in [1.807, 2.05) is 31.2 Å². The van der Waals surface area contributed by atoms with Gasteiger partial charge in [-0.3, -0.25) is 0 Å². The highest BCUT2D eigenvalue weighted by Gasteiger charge is 2.16. The van der Waals surface area contributed by atoms with Crippen LogP contribution in [0.2, 0.25) is 0 Å². The minimum Gasteiger partial charge on any atom is -0.464 e. The third-order valence-corrected chi connectivity index (χ3v) is 3.84. The van der Waals surface area contributed by atoms with Gasteiger partial charge in [-0.25, -0.2) is 18.7 Å². The summed E-state index contributed by atoms with van der Waals surface area (Å²) in [4.78, 5) is 8.22. The zero-order valence-corrected chi connectivity index (χ0v) is 13.3. The van der Waals surface area contributed by atoms with Crippen LogP contribution in [0.4, 0.5) is 20.4 Å². The Hall–Kier alpha value is -3.28. The van der Waals surface area contributed by atoms with Gasteiger partial charge < -0.3 is 9.73 Å². The number of hydrogen-bond donors (Lipinski definition) is 1. The van der Waals surface area contributed by atoms with Crippen LogP contribution in [0.5, 0.6) is 0 Å². The molecule has 124 valence electrons. The molecule has 0 aliphatic heterocycles. The standard InChI is InChI=1S/C19H13F2N3O/c1-11-3-2-4-12(9-11)23-19-22-10-16(21)17(24-19)14-5-6-15(20)13-7-8-25-18(13)14/h2-10H,1H3,(H,22,23,24). The Balaban J connectivity index is 1.79. The van der Waals surface area contributed by atoms with Gasteiger partial charge in [0, 0.05) is 11.3 Å². The lowest BCUT2D eigenvalue weighted by Gasteiger charge is -2.09. The summed E-state index contributed by atoms with van der Waals surface area (Å²) in [5.41, 5.74) is 2.53. The molecule has 4 rings (SSSR count). The summed E-state index contributed by atoms with van der Waals surface area (Å²) in [6.07, 6.45) is 2.45. The van der Waals surface area contributed by atoms with Crippen molar-refractivity contribution in [3.05, 3.63) is 72.1 Å². The van der Waals surface area contributed by atoms with Gasteiger partial charge in [-0.05, 0) is 42.8 Å². The first-order chi connectivity index (χ1) is 12.1. The quantitative estimate of drug-likeness (QED) is 0.557. The molecule has 0 bridgehead atoms. The number of hydrogen-bond acceptors (Lipinski definition) is 4. The minimum atomic E-state index is -0.612. The van der Waals surface area contributed by atoms with Crippen LogP contribution in [0.25, 0.3) is 22.2 Å². The Morgan fingerprint density at radius 1 is 1.04 bits per heavy atom. The van der Waals surface area contributed by atoms with Crippen LogP contribution >= 0.6 is 0 Å². The largest absolute Gasteiger partial charge is 0.464 e. The normalized spacial score (nSPS) is 11.0. The summed E-state index contributed by atoms with van der Waals surface area (Å²) in [6.45, 7) is 1.97. The number of nitrogens with one attached hydrogen (secondary N) is 1. The highest BCUT2D eigenvalue weighted by atomic mass is 19.1. The van der Waals surface area contributed by atoms with E-state index in [9.17, 15) is 8.78 Å². The van der Waals surface area contributed by atoms with Crippen LogP contribution in [0, 0.1) is 18.6 Å². The molecule has 2 aromatic carbocycles. The summed E-state index contributed by atoms with van der Waals surface area (Å²) in [6, 6.07) is 11.9. The van der Waals surface area contributed by atoms with Crippen molar-refractivity contribution in [1.82, 2.24) is 9.97 Å². The first-order valence-electron chi connectivity index (χ1n) is 7.64.